The lowest BCUT2D eigenvalue weighted by molar-refractivity contribution is 0.0703. The molecule has 1 aromatic carbocycles. The number of carbonyl (C=O) groups excluding carboxylic acids is 1. The Labute approximate surface area is 130 Å². The maximum absolute atomic E-state index is 11.9. The molecule has 2 aromatic rings. The molecule has 1 aromatic heterocycles. The van der Waals surface area contributed by atoms with Crippen molar-refractivity contribution in [1.29, 1.82) is 0 Å². The number of hydrogen-bond acceptors (Lipinski definition) is 3. The number of benzene rings is 1. The first-order chi connectivity index (χ1) is 9.88. The fourth-order valence-electron chi connectivity index (χ4n) is 1.70. The number of carboxylic acids is 1. The summed E-state index contributed by atoms with van der Waals surface area (Å²) in [4.78, 5) is 23.1. The van der Waals surface area contributed by atoms with Gasteiger partial charge in [0.15, 0.2) is 0 Å². The molecule has 7 heteroatoms. The van der Waals surface area contributed by atoms with E-state index in [1.807, 2.05) is 6.92 Å². The monoisotopic (exact) mass is 324 g/mol. The van der Waals surface area contributed by atoms with Gasteiger partial charge in [0.05, 0.1) is 5.69 Å². The molecule has 0 atom stereocenters. The van der Waals surface area contributed by atoms with E-state index in [9.17, 15) is 9.59 Å². The van der Waals surface area contributed by atoms with E-state index < -0.39 is 12.0 Å². The van der Waals surface area contributed by atoms with Gasteiger partial charge in [-0.25, -0.2) is 9.59 Å². The number of carbonyl (C=O) groups is 2. The van der Waals surface area contributed by atoms with Gasteiger partial charge in [0.2, 0.25) is 0 Å². The maximum Gasteiger partial charge on any atom is 0.348 e. The Balaban J connectivity index is 2.13. The zero-order valence-corrected chi connectivity index (χ0v) is 12.9. The number of halogens is 1. The minimum Gasteiger partial charge on any atom is -0.477 e. The fourth-order valence-corrected chi connectivity index (χ4v) is 2.73. The molecule has 0 fully saturated rings. The highest BCUT2D eigenvalue weighted by Crippen LogP contribution is 2.28. The van der Waals surface area contributed by atoms with E-state index in [4.69, 9.17) is 16.7 Å². The van der Waals surface area contributed by atoms with Crippen LogP contribution >= 0.6 is 22.9 Å². The van der Waals surface area contributed by atoms with Gasteiger partial charge in [0.25, 0.3) is 0 Å². The summed E-state index contributed by atoms with van der Waals surface area (Å²) in [6, 6.07) is 4.63. The number of thiophene rings is 1. The zero-order valence-electron chi connectivity index (χ0n) is 11.4. The molecule has 0 unspecified atom stereocenters. The van der Waals surface area contributed by atoms with Crippen LogP contribution in [-0.2, 0) is 0 Å². The molecular weight excluding hydrogens is 312 g/mol. The molecule has 0 aliphatic heterocycles. The lowest BCUT2D eigenvalue weighted by atomic mass is 10.2. The van der Waals surface area contributed by atoms with Gasteiger partial charge < -0.3 is 15.7 Å². The first kappa shape index (κ1) is 15.3. The average Bonchev–Trinajstić information content (AvgIpc) is 2.76. The third kappa shape index (κ3) is 3.53. The quantitative estimate of drug-likeness (QED) is 0.784. The van der Waals surface area contributed by atoms with Crippen LogP contribution in [0.3, 0.4) is 0 Å². The second-order valence-electron chi connectivity index (χ2n) is 4.47. The van der Waals surface area contributed by atoms with Gasteiger partial charge in [-0.15, -0.1) is 11.3 Å². The van der Waals surface area contributed by atoms with Gasteiger partial charge in [0.1, 0.15) is 4.88 Å². The van der Waals surface area contributed by atoms with Gasteiger partial charge in [-0.2, -0.15) is 0 Å². The Morgan fingerprint density at radius 1 is 1.19 bits per heavy atom. The van der Waals surface area contributed by atoms with Crippen molar-refractivity contribution in [3.05, 3.63) is 44.6 Å². The molecule has 5 nitrogen and oxygen atoms in total. The standard InChI is InChI=1S/C14H13ClN2O3S/c1-7-3-4-9(5-10(7)15)16-14(20)17-11-8(2)6-21-12(11)13(18)19/h3-6H,1-2H3,(H,18,19)(H2,16,17,20). The summed E-state index contributed by atoms with van der Waals surface area (Å²) < 4.78 is 0. The summed E-state index contributed by atoms with van der Waals surface area (Å²) in [5.41, 5.74) is 2.45. The van der Waals surface area contributed by atoms with Crippen LogP contribution in [0.1, 0.15) is 20.8 Å². The van der Waals surface area contributed by atoms with E-state index in [1.165, 1.54) is 0 Å². The highest BCUT2D eigenvalue weighted by Gasteiger charge is 2.17. The summed E-state index contributed by atoms with van der Waals surface area (Å²) >= 11 is 7.06. The second kappa shape index (κ2) is 6.15. The van der Waals surface area contributed by atoms with E-state index >= 15 is 0 Å². The van der Waals surface area contributed by atoms with Crippen LogP contribution < -0.4 is 10.6 Å². The van der Waals surface area contributed by atoms with Crippen molar-refractivity contribution >= 4 is 46.3 Å². The van der Waals surface area contributed by atoms with Gasteiger partial charge in [-0.1, -0.05) is 17.7 Å². The van der Waals surface area contributed by atoms with E-state index in [0.717, 1.165) is 16.9 Å². The van der Waals surface area contributed by atoms with Gasteiger partial charge in [0, 0.05) is 10.7 Å². The minimum atomic E-state index is -1.07. The van der Waals surface area contributed by atoms with Gasteiger partial charge in [-0.3, -0.25) is 0 Å². The number of aryl methyl sites for hydroxylation is 2. The second-order valence-corrected chi connectivity index (χ2v) is 5.76. The van der Waals surface area contributed by atoms with Crippen LogP contribution in [0.25, 0.3) is 0 Å². The third-order valence-electron chi connectivity index (χ3n) is 2.84. The first-order valence-corrected chi connectivity index (χ1v) is 7.29. The minimum absolute atomic E-state index is 0.101. The van der Waals surface area contributed by atoms with Gasteiger partial charge >= 0.3 is 12.0 Å². The van der Waals surface area contributed by atoms with Gasteiger partial charge in [-0.05, 0) is 42.5 Å². The van der Waals surface area contributed by atoms with E-state index in [0.29, 0.717) is 22.0 Å². The summed E-state index contributed by atoms with van der Waals surface area (Å²) in [6.07, 6.45) is 0. The van der Waals surface area contributed by atoms with E-state index in [1.54, 1.807) is 30.5 Å². The van der Waals surface area contributed by atoms with Crippen molar-refractivity contribution in [2.75, 3.05) is 10.6 Å². The molecule has 2 amide bonds. The van der Waals surface area contributed by atoms with Crippen LogP contribution in [0.2, 0.25) is 5.02 Å². The summed E-state index contributed by atoms with van der Waals surface area (Å²) in [7, 11) is 0. The largest absolute Gasteiger partial charge is 0.477 e. The number of urea groups is 1. The first-order valence-electron chi connectivity index (χ1n) is 6.04. The van der Waals surface area contributed by atoms with Crippen molar-refractivity contribution < 1.29 is 14.7 Å². The fraction of sp³-hybridized carbons (Fsp3) is 0.143. The number of nitrogens with one attached hydrogen (secondary N) is 2. The van der Waals surface area contributed by atoms with Crippen LogP contribution in [0.4, 0.5) is 16.2 Å². The lowest BCUT2D eigenvalue weighted by Crippen LogP contribution is -2.20. The molecule has 0 aliphatic carbocycles. The highest BCUT2D eigenvalue weighted by atomic mass is 35.5. The Kier molecular flexibility index (Phi) is 4.50. The molecule has 21 heavy (non-hydrogen) atoms. The molecule has 0 saturated heterocycles. The number of rotatable bonds is 3. The Morgan fingerprint density at radius 2 is 1.90 bits per heavy atom. The average molecular weight is 325 g/mol. The molecule has 0 radical (unpaired) electrons. The van der Waals surface area contributed by atoms with Crippen LogP contribution in [-0.4, -0.2) is 17.1 Å². The summed E-state index contributed by atoms with van der Waals surface area (Å²) in [5.74, 6) is -1.07. The number of anilines is 2. The smallest absolute Gasteiger partial charge is 0.348 e. The zero-order chi connectivity index (χ0) is 15.6. The van der Waals surface area contributed by atoms with Crippen LogP contribution in [0.5, 0.6) is 0 Å². The van der Waals surface area contributed by atoms with E-state index in [2.05, 4.69) is 10.6 Å². The Bertz CT molecular complexity index is 712. The predicted molar refractivity (Wildman–Crippen MR) is 84.8 cm³/mol. The molecule has 0 bridgehead atoms. The highest BCUT2D eigenvalue weighted by molar-refractivity contribution is 7.12. The van der Waals surface area contributed by atoms with Crippen molar-refractivity contribution in [1.82, 2.24) is 0 Å². The van der Waals surface area contributed by atoms with Crippen LogP contribution in [0.15, 0.2) is 23.6 Å². The topological polar surface area (TPSA) is 78.4 Å². The SMILES string of the molecule is Cc1ccc(NC(=O)Nc2c(C)csc2C(=O)O)cc1Cl. The predicted octanol–water partition coefficient (Wildman–Crippen LogP) is 4.36. The molecule has 0 saturated carbocycles. The third-order valence-corrected chi connectivity index (χ3v) is 4.33. The number of hydrogen-bond donors (Lipinski definition) is 3. The van der Waals surface area contributed by atoms with Crippen LogP contribution in [0, 0.1) is 13.8 Å². The normalized spacial score (nSPS) is 10.2. The summed E-state index contributed by atoms with van der Waals surface area (Å²) in [5, 5.41) is 16.5. The van der Waals surface area contributed by atoms with Crippen molar-refractivity contribution in [3.63, 3.8) is 0 Å². The Morgan fingerprint density at radius 3 is 2.52 bits per heavy atom. The van der Waals surface area contributed by atoms with Crippen molar-refractivity contribution in [2.24, 2.45) is 0 Å². The molecule has 1 heterocycles. The molecular formula is C14H13ClN2O3S. The van der Waals surface area contributed by atoms with E-state index in [-0.39, 0.29) is 4.88 Å². The molecule has 0 aliphatic rings. The number of carboxylic acid groups (broad SMARTS) is 1. The molecule has 2 rings (SSSR count). The Hall–Kier alpha value is -2.05. The molecule has 0 spiro atoms. The number of amides is 2. The molecule has 3 N–H and O–H groups in total. The van der Waals surface area contributed by atoms with Crippen molar-refractivity contribution in [3.8, 4) is 0 Å². The van der Waals surface area contributed by atoms with Crippen molar-refractivity contribution in [2.45, 2.75) is 13.8 Å². The lowest BCUT2D eigenvalue weighted by Gasteiger charge is -2.09. The summed E-state index contributed by atoms with van der Waals surface area (Å²) in [6.45, 7) is 3.60. The maximum atomic E-state index is 11.9. The molecule has 110 valence electrons. The number of aromatic carboxylic acids is 1.